The molecule has 0 N–H and O–H groups in total. The molecular formula is C18H24O2. The summed E-state index contributed by atoms with van der Waals surface area (Å²) in [6.45, 7) is 6.58. The lowest BCUT2D eigenvalue weighted by Gasteiger charge is -2.43. The largest absolute Gasteiger partial charge is 0.295 e. The normalized spacial score (nSPS) is 27.1. The predicted octanol–water partition coefficient (Wildman–Crippen LogP) is 3.78. The first kappa shape index (κ1) is 15.0. The summed E-state index contributed by atoms with van der Waals surface area (Å²) in [5, 5.41) is 0. The number of rotatable bonds is 4. The van der Waals surface area contributed by atoms with Crippen molar-refractivity contribution in [3.8, 4) is 0 Å². The molecular weight excluding hydrogens is 248 g/mol. The molecule has 0 aromatic heterocycles. The van der Waals surface area contributed by atoms with Gasteiger partial charge in [-0.05, 0) is 35.7 Å². The summed E-state index contributed by atoms with van der Waals surface area (Å²) in [6.07, 6.45) is 3.53. The van der Waals surface area contributed by atoms with Crippen LogP contribution in [0.25, 0.3) is 0 Å². The van der Waals surface area contributed by atoms with Gasteiger partial charge in [-0.1, -0.05) is 57.5 Å². The third-order valence-electron chi connectivity index (χ3n) is 5.04. The maximum atomic E-state index is 12.0. The van der Waals surface area contributed by atoms with Crippen LogP contribution in [0.4, 0.5) is 0 Å². The molecule has 1 fully saturated rings. The zero-order valence-electron chi connectivity index (χ0n) is 12.6. The SMILES string of the molecule is C[C@@H]1CC[C@H](C(C)(C)c2ccccc2)[C@H](C(=O)C=O)C1. The van der Waals surface area contributed by atoms with Gasteiger partial charge in [-0.3, -0.25) is 9.59 Å². The smallest absolute Gasteiger partial charge is 0.198 e. The maximum absolute atomic E-state index is 12.0. The van der Waals surface area contributed by atoms with Crippen molar-refractivity contribution in [2.45, 2.75) is 45.4 Å². The molecule has 0 heterocycles. The van der Waals surface area contributed by atoms with Crippen LogP contribution in [0, 0.1) is 17.8 Å². The van der Waals surface area contributed by atoms with Crippen LogP contribution in [0.15, 0.2) is 30.3 Å². The highest BCUT2D eigenvalue weighted by molar-refractivity contribution is 6.26. The molecule has 1 saturated carbocycles. The fourth-order valence-electron chi connectivity index (χ4n) is 3.73. The Labute approximate surface area is 121 Å². The Balaban J connectivity index is 2.32. The van der Waals surface area contributed by atoms with Crippen LogP contribution >= 0.6 is 0 Å². The average molecular weight is 272 g/mol. The third kappa shape index (κ3) is 2.84. The van der Waals surface area contributed by atoms with Gasteiger partial charge in [-0.2, -0.15) is 0 Å². The first-order chi connectivity index (χ1) is 9.46. The van der Waals surface area contributed by atoms with E-state index in [1.807, 2.05) is 18.2 Å². The van der Waals surface area contributed by atoms with E-state index in [1.165, 1.54) is 5.56 Å². The number of ketones is 1. The number of aldehydes is 1. The molecule has 0 unspecified atom stereocenters. The number of hydrogen-bond donors (Lipinski definition) is 0. The molecule has 0 saturated heterocycles. The van der Waals surface area contributed by atoms with Crippen LogP contribution in [0.3, 0.4) is 0 Å². The molecule has 0 amide bonds. The summed E-state index contributed by atoms with van der Waals surface area (Å²) in [6, 6.07) is 10.3. The summed E-state index contributed by atoms with van der Waals surface area (Å²) in [4.78, 5) is 23.0. The standard InChI is InChI=1S/C18H24O2/c1-13-9-10-16(15(11-13)17(20)12-19)18(2,3)14-7-5-4-6-8-14/h4-8,12-13,15-16H,9-11H2,1-3H3/t13-,15-,16+/m1/s1. The monoisotopic (exact) mass is 272 g/mol. The van der Waals surface area contributed by atoms with Crippen molar-refractivity contribution in [3.63, 3.8) is 0 Å². The summed E-state index contributed by atoms with van der Waals surface area (Å²) in [5.74, 6) is 0.447. The molecule has 2 nitrogen and oxygen atoms in total. The van der Waals surface area contributed by atoms with Crippen LogP contribution in [0.1, 0.15) is 45.6 Å². The van der Waals surface area contributed by atoms with Crippen molar-refractivity contribution in [1.82, 2.24) is 0 Å². The second-order valence-corrected chi connectivity index (χ2v) is 6.74. The van der Waals surface area contributed by atoms with E-state index in [-0.39, 0.29) is 23.0 Å². The number of hydrogen-bond acceptors (Lipinski definition) is 2. The number of carbonyl (C=O) groups is 2. The fraction of sp³-hybridized carbons (Fsp3) is 0.556. The molecule has 0 radical (unpaired) electrons. The molecule has 3 atom stereocenters. The molecule has 1 aromatic rings. The van der Waals surface area contributed by atoms with Gasteiger partial charge in [0.05, 0.1) is 0 Å². The maximum Gasteiger partial charge on any atom is 0.198 e. The summed E-state index contributed by atoms with van der Waals surface area (Å²) in [5.41, 5.74) is 1.17. The van der Waals surface area contributed by atoms with Crippen LogP contribution in [-0.2, 0) is 15.0 Å². The van der Waals surface area contributed by atoms with Crippen molar-refractivity contribution in [2.75, 3.05) is 0 Å². The zero-order valence-corrected chi connectivity index (χ0v) is 12.6. The van der Waals surface area contributed by atoms with Crippen molar-refractivity contribution >= 4 is 12.1 Å². The Morgan fingerprint density at radius 2 is 1.85 bits per heavy atom. The number of Topliss-reactive ketones (excluding diaryl/α,β-unsaturated/α-hetero) is 1. The van der Waals surface area contributed by atoms with Gasteiger partial charge >= 0.3 is 0 Å². The van der Waals surface area contributed by atoms with E-state index in [0.717, 1.165) is 19.3 Å². The van der Waals surface area contributed by atoms with E-state index in [2.05, 4.69) is 32.9 Å². The zero-order chi connectivity index (χ0) is 14.8. The van der Waals surface area contributed by atoms with E-state index in [0.29, 0.717) is 12.2 Å². The second kappa shape index (κ2) is 5.90. The highest BCUT2D eigenvalue weighted by Gasteiger charge is 2.42. The van der Waals surface area contributed by atoms with E-state index in [9.17, 15) is 9.59 Å². The Morgan fingerprint density at radius 3 is 2.45 bits per heavy atom. The molecule has 108 valence electrons. The van der Waals surface area contributed by atoms with Gasteiger partial charge in [0.2, 0.25) is 0 Å². The van der Waals surface area contributed by atoms with E-state index >= 15 is 0 Å². The Morgan fingerprint density at radius 1 is 1.20 bits per heavy atom. The highest BCUT2D eigenvalue weighted by Crippen LogP contribution is 2.45. The molecule has 2 heteroatoms. The van der Waals surface area contributed by atoms with E-state index < -0.39 is 0 Å². The minimum atomic E-state index is -0.217. The second-order valence-electron chi connectivity index (χ2n) is 6.74. The molecule has 1 aliphatic rings. The lowest BCUT2D eigenvalue weighted by atomic mass is 9.60. The van der Waals surface area contributed by atoms with Gasteiger partial charge in [0, 0.05) is 5.92 Å². The van der Waals surface area contributed by atoms with E-state index in [1.54, 1.807) is 0 Å². The Hall–Kier alpha value is -1.44. The molecule has 1 aromatic carbocycles. The third-order valence-corrected chi connectivity index (χ3v) is 5.04. The first-order valence-corrected chi connectivity index (χ1v) is 7.51. The molecule has 20 heavy (non-hydrogen) atoms. The van der Waals surface area contributed by atoms with Gasteiger partial charge < -0.3 is 0 Å². The lowest BCUT2D eigenvalue weighted by Crippen LogP contribution is -2.41. The number of benzene rings is 1. The number of carbonyl (C=O) groups excluding carboxylic acids is 2. The summed E-state index contributed by atoms with van der Waals surface area (Å²) in [7, 11) is 0. The fourth-order valence-corrected chi connectivity index (χ4v) is 3.73. The van der Waals surface area contributed by atoms with Crippen LogP contribution in [0.2, 0.25) is 0 Å². The van der Waals surface area contributed by atoms with Crippen molar-refractivity contribution < 1.29 is 9.59 Å². The van der Waals surface area contributed by atoms with Gasteiger partial charge in [0.1, 0.15) is 0 Å². The van der Waals surface area contributed by atoms with Gasteiger partial charge in [-0.15, -0.1) is 0 Å². The topological polar surface area (TPSA) is 34.1 Å². The van der Waals surface area contributed by atoms with E-state index in [4.69, 9.17) is 0 Å². The van der Waals surface area contributed by atoms with Crippen LogP contribution < -0.4 is 0 Å². The van der Waals surface area contributed by atoms with Gasteiger partial charge in [0.25, 0.3) is 0 Å². The Kier molecular flexibility index (Phi) is 4.42. The predicted molar refractivity (Wildman–Crippen MR) is 80.5 cm³/mol. The Bertz CT molecular complexity index is 475. The molecule has 0 spiro atoms. The average Bonchev–Trinajstić information content (AvgIpc) is 2.47. The molecule has 0 aliphatic heterocycles. The van der Waals surface area contributed by atoms with Crippen molar-refractivity contribution in [3.05, 3.63) is 35.9 Å². The molecule has 0 bridgehead atoms. The molecule has 1 aliphatic carbocycles. The van der Waals surface area contributed by atoms with Crippen molar-refractivity contribution in [2.24, 2.45) is 17.8 Å². The quantitative estimate of drug-likeness (QED) is 0.617. The highest BCUT2D eigenvalue weighted by atomic mass is 16.2. The minimum Gasteiger partial charge on any atom is -0.295 e. The van der Waals surface area contributed by atoms with Gasteiger partial charge in [0.15, 0.2) is 12.1 Å². The minimum absolute atomic E-state index is 0.0786. The van der Waals surface area contributed by atoms with Crippen molar-refractivity contribution in [1.29, 1.82) is 0 Å². The first-order valence-electron chi connectivity index (χ1n) is 7.51. The lowest BCUT2D eigenvalue weighted by molar-refractivity contribution is -0.135. The summed E-state index contributed by atoms with van der Waals surface area (Å²) < 4.78 is 0. The molecule has 2 rings (SSSR count). The van der Waals surface area contributed by atoms with Crippen LogP contribution in [-0.4, -0.2) is 12.1 Å². The van der Waals surface area contributed by atoms with Crippen LogP contribution in [0.5, 0.6) is 0 Å². The summed E-state index contributed by atoms with van der Waals surface area (Å²) >= 11 is 0. The van der Waals surface area contributed by atoms with Gasteiger partial charge in [-0.25, -0.2) is 0 Å².